The molecule has 0 aliphatic carbocycles. The molecule has 0 aliphatic heterocycles. The molecule has 2 aromatic rings. The molecule has 0 spiro atoms. The van der Waals surface area contributed by atoms with Gasteiger partial charge in [0.15, 0.2) is 24.8 Å². The van der Waals surface area contributed by atoms with Gasteiger partial charge in [-0.1, -0.05) is 56.1 Å². The van der Waals surface area contributed by atoms with Gasteiger partial charge in [-0.3, -0.25) is 0 Å². The van der Waals surface area contributed by atoms with Gasteiger partial charge in [-0.25, -0.2) is 16.8 Å². The van der Waals surface area contributed by atoms with Gasteiger partial charge < -0.3 is 0 Å². The maximum Gasteiger partial charge on any atom is 0.186 e. The minimum Gasteiger partial charge on any atom is -0.223 e. The van der Waals surface area contributed by atoms with Crippen molar-refractivity contribution in [2.24, 2.45) is 0 Å². The number of halogens is 2. The van der Waals surface area contributed by atoms with Gasteiger partial charge in [-0.05, 0) is 47.5 Å². The van der Waals surface area contributed by atoms with Gasteiger partial charge >= 0.3 is 0 Å². The minimum absolute atomic E-state index is 0.662. The molecule has 0 unspecified atom stereocenters. The zero-order valence-corrected chi connectivity index (χ0v) is 17.6. The number of hydrogen-bond donors (Lipinski definition) is 0. The van der Waals surface area contributed by atoms with E-state index in [2.05, 4.69) is 31.9 Å². The number of hydrogen-bond acceptors (Lipinski definition) is 4. The molecule has 2 aromatic carbocycles. The number of sulfone groups is 2. The van der Waals surface area contributed by atoms with E-state index in [0.29, 0.717) is 11.1 Å². The van der Waals surface area contributed by atoms with E-state index in [9.17, 15) is 16.8 Å². The van der Waals surface area contributed by atoms with Crippen molar-refractivity contribution in [1.82, 2.24) is 0 Å². The molecule has 0 N–H and O–H groups in total. The maximum absolute atomic E-state index is 12.0. The summed E-state index contributed by atoms with van der Waals surface area (Å²) in [5, 5.41) is 0.864. The zero-order valence-electron chi connectivity index (χ0n) is 12.8. The largest absolute Gasteiger partial charge is 0.223 e. The Morgan fingerprint density at radius 2 is 0.960 bits per heavy atom. The molecule has 132 valence electrons. The molecule has 0 radical (unpaired) electrons. The van der Waals surface area contributed by atoms with E-state index >= 15 is 0 Å². The summed E-state index contributed by atoms with van der Waals surface area (Å²) in [5.41, 5.74) is 1.32. The summed E-state index contributed by atoms with van der Waals surface area (Å²) >= 11 is 6.57. The average molecular weight is 506 g/mol. The quantitative estimate of drug-likeness (QED) is 0.573. The van der Waals surface area contributed by atoms with Gasteiger partial charge in [0.05, 0.1) is 0 Å². The van der Waals surface area contributed by atoms with Crippen molar-refractivity contribution < 1.29 is 16.8 Å². The molecule has 0 fully saturated rings. The van der Waals surface area contributed by atoms with Gasteiger partial charge in [0.2, 0.25) is 0 Å². The summed E-state index contributed by atoms with van der Waals surface area (Å²) in [4.78, 5) is 0. The molecule has 0 aromatic heterocycles. The Morgan fingerprint density at radius 1 is 0.640 bits per heavy atom. The third-order valence-corrected chi connectivity index (χ3v) is 7.79. The van der Waals surface area contributed by atoms with Crippen LogP contribution in [0.5, 0.6) is 0 Å². The van der Waals surface area contributed by atoms with E-state index in [-0.39, 0.29) is 0 Å². The van der Waals surface area contributed by atoms with Gasteiger partial charge in [0, 0.05) is 19.8 Å². The first-order valence-corrected chi connectivity index (χ1v) is 12.0. The van der Waals surface area contributed by atoms with Crippen LogP contribution in [0.15, 0.2) is 68.3 Å². The summed E-state index contributed by atoms with van der Waals surface area (Å²) in [7, 11) is -7.80. The Kier molecular flexibility index (Phi) is 6.79. The highest BCUT2D eigenvalue weighted by molar-refractivity contribution is 9.10. The van der Waals surface area contributed by atoms with E-state index < -0.39 is 24.8 Å². The van der Waals surface area contributed by atoms with Gasteiger partial charge in [0.25, 0.3) is 0 Å². The van der Waals surface area contributed by atoms with Crippen molar-refractivity contribution in [3.8, 4) is 0 Å². The molecule has 0 heterocycles. The Morgan fingerprint density at radius 3 is 1.28 bits per heavy atom. The molecule has 0 atom stereocenters. The van der Waals surface area contributed by atoms with Crippen LogP contribution in [0, 0.1) is 0 Å². The monoisotopic (exact) mass is 504 g/mol. The van der Waals surface area contributed by atoms with Crippen LogP contribution >= 0.6 is 31.9 Å². The molecule has 25 heavy (non-hydrogen) atoms. The second-order valence-corrected chi connectivity index (χ2v) is 11.1. The van der Waals surface area contributed by atoms with Gasteiger partial charge in [-0.2, -0.15) is 0 Å². The topological polar surface area (TPSA) is 68.3 Å². The lowest BCUT2D eigenvalue weighted by molar-refractivity contribution is 0.598. The van der Waals surface area contributed by atoms with Crippen molar-refractivity contribution >= 4 is 63.7 Å². The minimum atomic E-state index is -3.90. The predicted molar refractivity (Wildman–Crippen MR) is 109 cm³/mol. The first-order chi connectivity index (χ1) is 11.7. The molecule has 0 saturated heterocycles. The lowest BCUT2D eigenvalue weighted by atomic mass is 10.2. The van der Waals surface area contributed by atoms with Gasteiger partial charge in [-0.15, -0.1) is 0 Å². The summed E-state index contributed by atoms with van der Waals surface area (Å²) in [5.74, 6) is 0. The van der Waals surface area contributed by atoms with Crippen LogP contribution in [0.3, 0.4) is 0 Å². The molecule has 4 nitrogen and oxygen atoms in total. The van der Waals surface area contributed by atoms with Crippen LogP contribution < -0.4 is 0 Å². The molecule has 0 aliphatic rings. The highest BCUT2D eigenvalue weighted by Crippen LogP contribution is 2.14. The van der Waals surface area contributed by atoms with E-state index in [4.69, 9.17) is 0 Å². The lowest BCUT2D eigenvalue weighted by Crippen LogP contribution is -2.11. The first kappa shape index (κ1) is 20.1. The van der Waals surface area contributed by atoms with E-state index in [1.54, 1.807) is 48.5 Å². The fourth-order valence-corrected chi connectivity index (χ4v) is 5.54. The van der Waals surface area contributed by atoms with E-state index in [1.807, 2.05) is 0 Å². The number of benzene rings is 2. The highest BCUT2D eigenvalue weighted by atomic mass is 79.9. The fourth-order valence-electron chi connectivity index (χ4n) is 1.82. The molecule has 0 saturated carbocycles. The third kappa shape index (κ3) is 7.27. The SMILES string of the molecule is O=S(=O)(C=Cc1ccc(Br)cc1)CS(=O)(=O)/C=C\c1ccc(Br)cc1. The second-order valence-electron chi connectivity index (χ2n) is 5.15. The molecule has 2 rings (SSSR count). The van der Waals surface area contributed by atoms with E-state index in [1.165, 1.54) is 12.2 Å². The van der Waals surface area contributed by atoms with Crippen LogP contribution in [0.1, 0.15) is 11.1 Å². The van der Waals surface area contributed by atoms with Crippen molar-refractivity contribution in [2.75, 3.05) is 5.08 Å². The highest BCUT2D eigenvalue weighted by Gasteiger charge is 2.17. The Hall–Kier alpha value is -1.22. The Bertz CT molecular complexity index is 906. The van der Waals surface area contributed by atoms with Crippen LogP contribution in [0.4, 0.5) is 0 Å². The predicted octanol–water partition coefficient (Wildman–Crippen LogP) is 4.64. The van der Waals surface area contributed by atoms with E-state index in [0.717, 1.165) is 19.8 Å². The molecule has 8 heteroatoms. The van der Waals surface area contributed by atoms with Crippen molar-refractivity contribution in [3.63, 3.8) is 0 Å². The molecular weight excluding hydrogens is 492 g/mol. The smallest absolute Gasteiger partial charge is 0.186 e. The summed E-state index contributed by atoms with van der Waals surface area (Å²) in [6, 6.07) is 14.0. The van der Waals surface area contributed by atoms with Crippen LogP contribution in [-0.2, 0) is 19.7 Å². The Labute approximate surface area is 164 Å². The molecular formula is C17H14Br2O4S2. The number of rotatable bonds is 6. The fraction of sp³-hybridized carbons (Fsp3) is 0.0588. The molecule has 0 bridgehead atoms. The lowest BCUT2D eigenvalue weighted by Gasteiger charge is -1.99. The van der Waals surface area contributed by atoms with Crippen LogP contribution in [0.25, 0.3) is 12.2 Å². The molecule has 0 amide bonds. The van der Waals surface area contributed by atoms with Crippen molar-refractivity contribution in [3.05, 3.63) is 79.4 Å². The summed E-state index contributed by atoms with van der Waals surface area (Å²) in [6.07, 6.45) is 2.74. The van der Waals surface area contributed by atoms with Crippen molar-refractivity contribution in [2.45, 2.75) is 0 Å². The standard InChI is InChI=1S/C17H14Br2O4S2/c18-16-5-1-14(2-6-16)9-11-24(20,21)13-25(22,23)12-10-15-3-7-17(19)8-4-15/h1-12H,13H2/b11-9-,12-10?. The summed E-state index contributed by atoms with van der Waals surface area (Å²) in [6.45, 7) is 0. The second kappa shape index (κ2) is 8.44. The van der Waals surface area contributed by atoms with Crippen molar-refractivity contribution in [1.29, 1.82) is 0 Å². The third-order valence-electron chi connectivity index (χ3n) is 3.00. The Balaban J connectivity index is 2.09. The average Bonchev–Trinajstić information content (AvgIpc) is 2.53. The zero-order chi connectivity index (χ0) is 18.5. The summed E-state index contributed by atoms with van der Waals surface area (Å²) < 4.78 is 49.8. The first-order valence-electron chi connectivity index (χ1n) is 6.98. The van der Waals surface area contributed by atoms with Crippen LogP contribution in [0.2, 0.25) is 0 Å². The van der Waals surface area contributed by atoms with Gasteiger partial charge in [0.1, 0.15) is 0 Å². The maximum atomic E-state index is 12.0. The van der Waals surface area contributed by atoms with Crippen LogP contribution in [-0.4, -0.2) is 21.9 Å². The normalized spacial score (nSPS) is 12.9.